The molecule has 0 bridgehead atoms. The molecule has 0 spiro atoms. The van der Waals surface area contributed by atoms with Crippen molar-refractivity contribution in [3.05, 3.63) is 29.6 Å². The third-order valence-corrected chi connectivity index (χ3v) is 3.65. The third kappa shape index (κ3) is 5.01. The third-order valence-electron chi connectivity index (χ3n) is 3.65. The molecule has 1 saturated carbocycles. The lowest BCUT2D eigenvalue weighted by atomic mass is 10.2. The predicted octanol–water partition coefficient (Wildman–Crippen LogP) is 2.37. The summed E-state index contributed by atoms with van der Waals surface area (Å²) in [6, 6.07) is 5.07. The van der Waals surface area contributed by atoms with Crippen molar-refractivity contribution in [3.8, 4) is 5.75 Å². The Kier molecular flexibility index (Phi) is 5.99. The summed E-state index contributed by atoms with van der Waals surface area (Å²) in [5.41, 5.74) is 0.858. The average Bonchev–Trinajstić information content (AvgIpc) is 2.97. The summed E-state index contributed by atoms with van der Waals surface area (Å²) in [4.78, 5) is 11.7. The standard InChI is InChI=1S/C16H23FN2O2/c1-2-18-10-12-7-8-15(14(17)9-12)21-11-16(20)19-13-5-3-4-6-13/h7-9,13,18H,2-6,10-11H2,1H3,(H,19,20). The summed E-state index contributed by atoms with van der Waals surface area (Å²) in [5.74, 6) is -0.492. The molecule has 0 radical (unpaired) electrons. The Labute approximate surface area is 125 Å². The zero-order valence-electron chi connectivity index (χ0n) is 12.5. The maximum Gasteiger partial charge on any atom is 0.258 e. The lowest BCUT2D eigenvalue weighted by molar-refractivity contribution is -0.123. The molecule has 0 heterocycles. The van der Waals surface area contributed by atoms with Crippen molar-refractivity contribution in [2.75, 3.05) is 13.2 Å². The minimum absolute atomic E-state index is 0.122. The van der Waals surface area contributed by atoms with Crippen LogP contribution in [0.3, 0.4) is 0 Å². The van der Waals surface area contributed by atoms with Crippen LogP contribution in [0, 0.1) is 5.82 Å². The van der Waals surface area contributed by atoms with Crippen LogP contribution in [0.5, 0.6) is 5.75 Å². The van der Waals surface area contributed by atoms with Crippen LogP contribution in [0.4, 0.5) is 4.39 Å². The maximum absolute atomic E-state index is 13.8. The van der Waals surface area contributed by atoms with Gasteiger partial charge in [0, 0.05) is 12.6 Å². The summed E-state index contributed by atoms with van der Waals surface area (Å²) in [6.07, 6.45) is 4.37. The van der Waals surface area contributed by atoms with Crippen LogP contribution in [0.2, 0.25) is 0 Å². The van der Waals surface area contributed by atoms with E-state index >= 15 is 0 Å². The Morgan fingerprint density at radius 1 is 1.38 bits per heavy atom. The monoisotopic (exact) mass is 294 g/mol. The highest BCUT2D eigenvalue weighted by molar-refractivity contribution is 5.77. The molecule has 5 heteroatoms. The van der Waals surface area contributed by atoms with Crippen LogP contribution < -0.4 is 15.4 Å². The number of amides is 1. The van der Waals surface area contributed by atoms with Gasteiger partial charge in [0.05, 0.1) is 0 Å². The number of hydrogen-bond acceptors (Lipinski definition) is 3. The molecule has 2 N–H and O–H groups in total. The molecule has 0 saturated heterocycles. The van der Waals surface area contributed by atoms with Crippen LogP contribution in [0.25, 0.3) is 0 Å². The quantitative estimate of drug-likeness (QED) is 0.812. The van der Waals surface area contributed by atoms with E-state index in [0.717, 1.165) is 37.8 Å². The number of benzene rings is 1. The molecule has 1 fully saturated rings. The minimum atomic E-state index is -0.431. The van der Waals surface area contributed by atoms with Gasteiger partial charge in [-0.15, -0.1) is 0 Å². The number of carbonyl (C=O) groups is 1. The number of halogens is 1. The molecule has 4 nitrogen and oxygen atoms in total. The van der Waals surface area contributed by atoms with Gasteiger partial charge in [-0.05, 0) is 37.1 Å². The first-order chi connectivity index (χ1) is 10.2. The van der Waals surface area contributed by atoms with Crippen molar-refractivity contribution < 1.29 is 13.9 Å². The first-order valence-corrected chi connectivity index (χ1v) is 7.60. The fourth-order valence-electron chi connectivity index (χ4n) is 2.52. The van der Waals surface area contributed by atoms with E-state index in [2.05, 4.69) is 10.6 Å². The van der Waals surface area contributed by atoms with E-state index in [1.165, 1.54) is 6.07 Å². The van der Waals surface area contributed by atoms with Gasteiger partial charge in [-0.2, -0.15) is 0 Å². The van der Waals surface area contributed by atoms with Gasteiger partial charge in [0.25, 0.3) is 5.91 Å². The van der Waals surface area contributed by atoms with Crippen LogP contribution in [-0.2, 0) is 11.3 Å². The van der Waals surface area contributed by atoms with E-state index in [9.17, 15) is 9.18 Å². The van der Waals surface area contributed by atoms with Gasteiger partial charge in [0.2, 0.25) is 0 Å². The lowest BCUT2D eigenvalue weighted by Gasteiger charge is -2.13. The van der Waals surface area contributed by atoms with Crippen molar-refractivity contribution in [1.82, 2.24) is 10.6 Å². The van der Waals surface area contributed by atoms with Gasteiger partial charge in [0.15, 0.2) is 18.2 Å². The van der Waals surface area contributed by atoms with Crippen molar-refractivity contribution in [2.45, 2.75) is 45.2 Å². The zero-order chi connectivity index (χ0) is 15.1. The van der Waals surface area contributed by atoms with Gasteiger partial charge in [-0.3, -0.25) is 4.79 Å². The molecule has 0 atom stereocenters. The molecule has 1 aliphatic carbocycles. The fraction of sp³-hybridized carbons (Fsp3) is 0.562. The average molecular weight is 294 g/mol. The second-order valence-electron chi connectivity index (χ2n) is 5.38. The topological polar surface area (TPSA) is 50.4 Å². The molecule has 21 heavy (non-hydrogen) atoms. The minimum Gasteiger partial charge on any atom is -0.481 e. The number of nitrogens with one attached hydrogen (secondary N) is 2. The van der Waals surface area contributed by atoms with E-state index in [0.29, 0.717) is 6.54 Å². The maximum atomic E-state index is 13.8. The Balaban J connectivity index is 1.80. The molecule has 1 aliphatic rings. The first kappa shape index (κ1) is 15.8. The molecular weight excluding hydrogens is 271 g/mol. The van der Waals surface area contributed by atoms with E-state index in [1.807, 2.05) is 6.92 Å². The Hall–Kier alpha value is -1.62. The molecule has 0 aliphatic heterocycles. The van der Waals surface area contributed by atoms with Crippen LogP contribution in [0.15, 0.2) is 18.2 Å². The number of rotatable bonds is 7. The second-order valence-corrected chi connectivity index (χ2v) is 5.38. The molecule has 0 unspecified atom stereocenters. The van der Waals surface area contributed by atoms with Gasteiger partial charge >= 0.3 is 0 Å². The molecular formula is C16H23FN2O2. The van der Waals surface area contributed by atoms with E-state index in [1.54, 1.807) is 12.1 Å². The highest BCUT2D eigenvalue weighted by Crippen LogP contribution is 2.19. The molecule has 0 aromatic heterocycles. The number of hydrogen-bond donors (Lipinski definition) is 2. The molecule has 116 valence electrons. The lowest BCUT2D eigenvalue weighted by Crippen LogP contribution is -2.36. The van der Waals surface area contributed by atoms with E-state index < -0.39 is 5.82 Å². The molecule has 1 amide bonds. The van der Waals surface area contributed by atoms with Gasteiger partial charge in [0.1, 0.15) is 0 Å². The van der Waals surface area contributed by atoms with Crippen LogP contribution >= 0.6 is 0 Å². The normalized spacial score (nSPS) is 15.1. The predicted molar refractivity (Wildman–Crippen MR) is 79.7 cm³/mol. The number of ether oxygens (including phenoxy) is 1. The zero-order valence-corrected chi connectivity index (χ0v) is 12.5. The largest absolute Gasteiger partial charge is 0.481 e. The summed E-state index contributed by atoms with van der Waals surface area (Å²) >= 11 is 0. The highest BCUT2D eigenvalue weighted by Gasteiger charge is 2.17. The van der Waals surface area contributed by atoms with Crippen molar-refractivity contribution >= 4 is 5.91 Å². The first-order valence-electron chi connectivity index (χ1n) is 7.60. The van der Waals surface area contributed by atoms with E-state index in [4.69, 9.17) is 4.74 Å². The second kappa shape index (κ2) is 7.98. The van der Waals surface area contributed by atoms with E-state index in [-0.39, 0.29) is 24.3 Å². The fourth-order valence-corrected chi connectivity index (χ4v) is 2.52. The summed E-state index contributed by atoms with van der Waals surface area (Å²) < 4.78 is 19.1. The van der Waals surface area contributed by atoms with Gasteiger partial charge in [-0.25, -0.2) is 4.39 Å². The number of carbonyl (C=O) groups excluding carboxylic acids is 1. The van der Waals surface area contributed by atoms with Gasteiger partial charge in [-0.1, -0.05) is 25.8 Å². The van der Waals surface area contributed by atoms with Crippen LogP contribution in [-0.4, -0.2) is 25.1 Å². The summed E-state index contributed by atoms with van der Waals surface area (Å²) in [5, 5.41) is 6.04. The molecule has 1 aromatic carbocycles. The smallest absolute Gasteiger partial charge is 0.258 e. The van der Waals surface area contributed by atoms with Crippen molar-refractivity contribution in [2.24, 2.45) is 0 Å². The Morgan fingerprint density at radius 2 is 2.14 bits per heavy atom. The Bertz CT molecular complexity index is 473. The Morgan fingerprint density at radius 3 is 2.81 bits per heavy atom. The molecule has 1 aromatic rings. The molecule has 2 rings (SSSR count). The summed E-state index contributed by atoms with van der Waals surface area (Å²) in [7, 11) is 0. The van der Waals surface area contributed by atoms with Crippen molar-refractivity contribution in [1.29, 1.82) is 0 Å². The summed E-state index contributed by atoms with van der Waals surface area (Å²) in [6.45, 7) is 3.31. The SMILES string of the molecule is CCNCc1ccc(OCC(=O)NC2CCCC2)c(F)c1. The van der Waals surface area contributed by atoms with Crippen LogP contribution in [0.1, 0.15) is 38.2 Å². The van der Waals surface area contributed by atoms with Gasteiger partial charge < -0.3 is 15.4 Å². The van der Waals surface area contributed by atoms with Crippen molar-refractivity contribution in [3.63, 3.8) is 0 Å². The highest BCUT2D eigenvalue weighted by atomic mass is 19.1.